The lowest BCUT2D eigenvalue weighted by molar-refractivity contribution is -0.140. The van der Waals surface area contributed by atoms with Gasteiger partial charge < -0.3 is 0 Å². The Labute approximate surface area is 232 Å². The van der Waals surface area contributed by atoms with Gasteiger partial charge in [0.25, 0.3) is 5.91 Å². The molecule has 4 aliphatic rings. The van der Waals surface area contributed by atoms with E-state index in [0.29, 0.717) is 5.56 Å². The Morgan fingerprint density at radius 1 is 0.825 bits per heavy atom. The Kier molecular flexibility index (Phi) is 5.52. The standard InChI is InChI=1S/C34H27N3O3/c1-21-15-17-23(18-16-21)31(38)36-35-20-34-26-13-7-5-11-24(26)28(25-12-6-8-14-27(25)34)29-30(34)33(40)37(32(29)39)19-22-9-3-2-4-10-22/h2-18,20,28-30H,19H2,1H3,(H,36,38)/b35-20+/t28?,29-,30-,34?/m0/s1. The first-order valence-electron chi connectivity index (χ1n) is 13.5. The highest BCUT2D eigenvalue weighted by Gasteiger charge is 2.67. The van der Waals surface area contributed by atoms with Crippen LogP contribution in [0.25, 0.3) is 0 Å². The van der Waals surface area contributed by atoms with Gasteiger partial charge in [0.2, 0.25) is 11.8 Å². The van der Waals surface area contributed by atoms with Gasteiger partial charge in [-0.1, -0.05) is 96.6 Å². The first kappa shape index (κ1) is 24.2. The first-order valence-corrected chi connectivity index (χ1v) is 13.5. The van der Waals surface area contributed by atoms with Gasteiger partial charge in [-0.2, -0.15) is 5.10 Å². The number of nitrogens with zero attached hydrogens (tertiary/aromatic N) is 2. The number of hydrazone groups is 1. The van der Waals surface area contributed by atoms with Gasteiger partial charge in [-0.15, -0.1) is 0 Å². The third-order valence-corrected chi connectivity index (χ3v) is 8.71. The number of hydrogen-bond acceptors (Lipinski definition) is 4. The maximum atomic E-state index is 14.3. The van der Waals surface area contributed by atoms with E-state index >= 15 is 0 Å². The number of benzene rings is 4. The molecule has 1 fully saturated rings. The van der Waals surface area contributed by atoms with Crippen LogP contribution in [0.3, 0.4) is 0 Å². The SMILES string of the molecule is Cc1ccc(C(=O)N/N=C/C23c4ccccc4C(c4ccccc42)[C@@H]2C(=O)N(Cc4ccccc4)C(=O)[C@H]23)cc1. The van der Waals surface area contributed by atoms with Gasteiger partial charge in [-0.25, -0.2) is 5.43 Å². The van der Waals surface area contributed by atoms with Gasteiger partial charge in [-0.05, 0) is 46.9 Å². The summed E-state index contributed by atoms with van der Waals surface area (Å²) >= 11 is 0. The average Bonchev–Trinajstić information content (AvgIpc) is 3.24. The Hall–Kier alpha value is -4.84. The summed E-state index contributed by atoms with van der Waals surface area (Å²) < 4.78 is 0. The molecule has 1 aliphatic heterocycles. The van der Waals surface area contributed by atoms with E-state index in [1.807, 2.05) is 85.8 Å². The van der Waals surface area contributed by atoms with Gasteiger partial charge in [0.1, 0.15) is 0 Å². The summed E-state index contributed by atoms with van der Waals surface area (Å²) in [6.45, 7) is 2.19. The highest BCUT2D eigenvalue weighted by atomic mass is 16.2. The lowest BCUT2D eigenvalue weighted by atomic mass is 9.47. The van der Waals surface area contributed by atoms with Crippen LogP contribution in [0.5, 0.6) is 0 Å². The molecular weight excluding hydrogens is 498 g/mol. The maximum Gasteiger partial charge on any atom is 0.271 e. The number of nitrogens with one attached hydrogen (secondary N) is 1. The van der Waals surface area contributed by atoms with Crippen molar-refractivity contribution < 1.29 is 14.4 Å². The normalized spacial score (nSPS) is 24.1. The molecule has 2 atom stereocenters. The van der Waals surface area contributed by atoms with Crippen molar-refractivity contribution in [1.82, 2.24) is 10.3 Å². The van der Waals surface area contributed by atoms with Gasteiger partial charge in [0.05, 0.1) is 23.8 Å². The van der Waals surface area contributed by atoms with Crippen molar-refractivity contribution in [2.45, 2.75) is 24.8 Å². The molecular formula is C34H27N3O3. The molecule has 0 aromatic heterocycles. The summed E-state index contributed by atoms with van der Waals surface area (Å²) in [5.74, 6) is -2.15. The number of carbonyl (C=O) groups is 3. The molecule has 3 aliphatic carbocycles. The molecule has 196 valence electrons. The Balaban J connectivity index is 1.36. The van der Waals surface area contributed by atoms with Gasteiger partial charge >= 0.3 is 0 Å². The van der Waals surface area contributed by atoms with Crippen molar-refractivity contribution >= 4 is 23.9 Å². The number of amides is 3. The van der Waals surface area contributed by atoms with Crippen LogP contribution in [0.2, 0.25) is 0 Å². The van der Waals surface area contributed by atoms with Crippen molar-refractivity contribution in [2.24, 2.45) is 16.9 Å². The fourth-order valence-electron chi connectivity index (χ4n) is 6.99. The molecule has 0 spiro atoms. The van der Waals surface area contributed by atoms with E-state index in [9.17, 15) is 14.4 Å². The topological polar surface area (TPSA) is 78.8 Å². The number of rotatable bonds is 5. The van der Waals surface area contributed by atoms with Gasteiger partial charge in [-0.3, -0.25) is 19.3 Å². The fourth-order valence-corrected chi connectivity index (χ4v) is 6.99. The van der Waals surface area contributed by atoms with E-state index in [0.717, 1.165) is 33.4 Å². The summed E-state index contributed by atoms with van der Waals surface area (Å²) in [5.41, 5.74) is 8.09. The number of likely N-dealkylation sites (tertiary alicyclic amines) is 1. The highest BCUT2D eigenvalue weighted by molar-refractivity contribution is 6.11. The van der Waals surface area contributed by atoms with Crippen molar-refractivity contribution in [2.75, 3.05) is 0 Å². The predicted octanol–water partition coefficient (Wildman–Crippen LogP) is 4.96. The van der Waals surface area contributed by atoms with E-state index in [-0.39, 0.29) is 30.2 Å². The van der Waals surface area contributed by atoms with Crippen molar-refractivity contribution in [3.05, 3.63) is 142 Å². The second-order valence-corrected chi connectivity index (χ2v) is 10.8. The number of carbonyl (C=O) groups excluding carboxylic acids is 3. The summed E-state index contributed by atoms with van der Waals surface area (Å²) in [6.07, 6.45) is 1.70. The van der Waals surface area contributed by atoms with Gasteiger partial charge in [0.15, 0.2) is 0 Å². The largest absolute Gasteiger partial charge is 0.278 e. The van der Waals surface area contributed by atoms with Gasteiger partial charge in [0, 0.05) is 17.7 Å². The van der Waals surface area contributed by atoms with E-state index in [2.05, 4.69) is 22.7 Å². The molecule has 4 aromatic carbocycles. The number of hydrogen-bond donors (Lipinski definition) is 1. The summed E-state index contributed by atoms with van der Waals surface area (Å²) in [5, 5.41) is 4.48. The van der Waals surface area contributed by atoms with Crippen LogP contribution < -0.4 is 5.43 Å². The molecule has 2 bridgehead atoms. The zero-order valence-electron chi connectivity index (χ0n) is 22.0. The van der Waals surface area contributed by atoms with Crippen molar-refractivity contribution in [3.8, 4) is 0 Å². The average molecular weight is 526 g/mol. The summed E-state index contributed by atoms with van der Waals surface area (Å²) in [7, 11) is 0. The molecule has 6 heteroatoms. The van der Waals surface area contributed by atoms with Crippen LogP contribution in [0.1, 0.15) is 49.7 Å². The summed E-state index contributed by atoms with van der Waals surface area (Å²) in [6, 6.07) is 32.9. The minimum atomic E-state index is -1.01. The van der Waals surface area contributed by atoms with E-state index in [1.165, 1.54) is 4.90 Å². The molecule has 6 nitrogen and oxygen atoms in total. The molecule has 0 saturated carbocycles. The highest BCUT2D eigenvalue weighted by Crippen LogP contribution is 2.63. The van der Waals surface area contributed by atoms with Crippen LogP contribution >= 0.6 is 0 Å². The third-order valence-electron chi connectivity index (χ3n) is 8.71. The Morgan fingerprint density at radius 3 is 2.08 bits per heavy atom. The fraction of sp³-hybridized carbons (Fsp3) is 0.176. The minimum Gasteiger partial charge on any atom is -0.278 e. The Morgan fingerprint density at radius 2 is 1.43 bits per heavy atom. The lowest BCUT2D eigenvalue weighted by Crippen LogP contribution is -2.54. The van der Waals surface area contributed by atoms with Crippen molar-refractivity contribution in [1.29, 1.82) is 0 Å². The second kappa shape index (κ2) is 9.12. The summed E-state index contributed by atoms with van der Waals surface area (Å²) in [4.78, 5) is 42.7. The maximum absolute atomic E-state index is 14.3. The molecule has 0 radical (unpaired) electrons. The third kappa shape index (κ3) is 3.42. The number of imide groups is 1. The zero-order valence-corrected chi connectivity index (χ0v) is 22.0. The molecule has 1 heterocycles. The molecule has 40 heavy (non-hydrogen) atoms. The minimum absolute atomic E-state index is 0.158. The predicted molar refractivity (Wildman–Crippen MR) is 152 cm³/mol. The molecule has 4 aromatic rings. The second-order valence-electron chi connectivity index (χ2n) is 10.8. The Bertz CT molecular complexity index is 1650. The zero-order chi connectivity index (χ0) is 27.4. The number of aryl methyl sites for hydroxylation is 1. The molecule has 1 N–H and O–H groups in total. The molecule has 1 saturated heterocycles. The molecule has 0 unspecified atom stereocenters. The van der Waals surface area contributed by atoms with Crippen LogP contribution in [-0.2, 0) is 21.5 Å². The van der Waals surface area contributed by atoms with Crippen LogP contribution in [0.15, 0.2) is 108 Å². The monoisotopic (exact) mass is 525 g/mol. The van der Waals surface area contributed by atoms with E-state index in [1.54, 1.807) is 18.3 Å². The van der Waals surface area contributed by atoms with E-state index in [4.69, 9.17) is 0 Å². The first-order chi connectivity index (χ1) is 19.5. The molecule has 8 rings (SSSR count). The quantitative estimate of drug-likeness (QED) is 0.227. The van der Waals surface area contributed by atoms with E-state index < -0.39 is 17.3 Å². The smallest absolute Gasteiger partial charge is 0.271 e. The van der Waals surface area contributed by atoms with Crippen LogP contribution in [0, 0.1) is 18.8 Å². The van der Waals surface area contributed by atoms with Crippen LogP contribution in [-0.4, -0.2) is 28.8 Å². The van der Waals surface area contributed by atoms with Crippen LogP contribution in [0.4, 0.5) is 0 Å². The molecule has 3 amide bonds. The van der Waals surface area contributed by atoms with Crippen molar-refractivity contribution in [3.63, 3.8) is 0 Å². The lowest BCUT2D eigenvalue weighted by Gasteiger charge is -2.52.